The van der Waals surface area contributed by atoms with E-state index in [1.165, 1.54) is 36.5 Å². The molecule has 0 amide bonds. The molecule has 2 aromatic rings. The summed E-state index contributed by atoms with van der Waals surface area (Å²) in [6, 6.07) is 12.7. The van der Waals surface area contributed by atoms with Crippen LogP contribution in [0.15, 0.2) is 36.4 Å². The van der Waals surface area contributed by atoms with Gasteiger partial charge in [0.05, 0.1) is 4.34 Å². The number of benzene rings is 1. The number of rotatable bonds is 4. The van der Waals surface area contributed by atoms with E-state index in [2.05, 4.69) is 40.5 Å². The highest BCUT2D eigenvalue weighted by molar-refractivity contribution is 7.16. The highest BCUT2D eigenvalue weighted by Crippen LogP contribution is 2.24. The Labute approximate surface area is 123 Å². The first-order valence-corrected chi connectivity index (χ1v) is 7.84. The summed E-state index contributed by atoms with van der Waals surface area (Å²) >= 11 is 7.55. The molecule has 0 bridgehead atoms. The van der Waals surface area contributed by atoms with Gasteiger partial charge in [-0.25, -0.2) is 0 Å². The Morgan fingerprint density at radius 2 is 1.79 bits per heavy atom. The lowest BCUT2D eigenvalue weighted by Crippen LogP contribution is -2.17. The molecular weight excluding hydrogens is 276 g/mol. The first kappa shape index (κ1) is 12.8. The van der Waals surface area contributed by atoms with Crippen LogP contribution in [0.25, 0.3) is 0 Å². The van der Waals surface area contributed by atoms with E-state index >= 15 is 0 Å². The van der Waals surface area contributed by atoms with Crippen molar-refractivity contribution in [2.45, 2.75) is 19.4 Å². The van der Waals surface area contributed by atoms with Crippen LogP contribution in [0.4, 0.5) is 11.4 Å². The van der Waals surface area contributed by atoms with Crippen molar-refractivity contribution in [2.75, 3.05) is 23.3 Å². The van der Waals surface area contributed by atoms with Gasteiger partial charge in [-0.3, -0.25) is 0 Å². The lowest BCUT2D eigenvalue weighted by Gasteiger charge is -2.17. The molecule has 0 unspecified atom stereocenters. The summed E-state index contributed by atoms with van der Waals surface area (Å²) in [4.78, 5) is 3.71. The van der Waals surface area contributed by atoms with Crippen LogP contribution < -0.4 is 10.2 Å². The van der Waals surface area contributed by atoms with Crippen molar-refractivity contribution in [2.24, 2.45) is 0 Å². The topological polar surface area (TPSA) is 15.3 Å². The molecule has 0 saturated carbocycles. The molecule has 1 aromatic carbocycles. The van der Waals surface area contributed by atoms with Gasteiger partial charge >= 0.3 is 0 Å². The Morgan fingerprint density at radius 1 is 1.05 bits per heavy atom. The maximum Gasteiger partial charge on any atom is 0.0931 e. The lowest BCUT2D eigenvalue weighted by atomic mass is 10.2. The minimum absolute atomic E-state index is 0.834. The molecule has 1 aromatic heterocycles. The number of thiophene rings is 1. The molecule has 100 valence electrons. The maximum atomic E-state index is 5.92. The second-order valence-corrected chi connectivity index (χ2v) is 6.60. The summed E-state index contributed by atoms with van der Waals surface area (Å²) in [7, 11) is 0. The van der Waals surface area contributed by atoms with Crippen molar-refractivity contribution in [1.29, 1.82) is 0 Å². The van der Waals surface area contributed by atoms with Crippen LogP contribution in [0.3, 0.4) is 0 Å². The van der Waals surface area contributed by atoms with E-state index in [0.29, 0.717) is 0 Å². The zero-order valence-corrected chi connectivity index (χ0v) is 12.3. The molecule has 2 nitrogen and oxygen atoms in total. The molecule has 0 atom stereocenters. The Kier molecular flexibility index (Phi) is 3.95. The molecule has 1 aliphatic heterocycles. The van der Waals surface area contributed by atoms with Crippen LogP contribution in [0.5, 0.6) is 0 Å². The number of anilines is 2. The van der Waals surface area contributed by atoms with Crippen LogP contribution in [-0.2, 0) is 6.54 Å². The number of hydrogen-bond acceptors (Lipinski definition) is 3. The molecule has 1 N–H and O–H groups in total. The van der Waals surface area contributed by atoms with E-state index < -0.39 is 0 Å². The smallest absolute Gasteiger partial charge is 0.0931 e. The third-order valence-corrected chi connectivity index (χ3v) is 4.67. The van der Waals surface area contributed by atoms with Crippen LogP contribution in [0.1, 0.15) is 17.7 Å². The highest BCUT2D eigenvalue weighted by atomic mass is 35.5. The second kappa shape index (κ2) is 5.85. The molecule has 1 saturated heterocycles. The average molecular weight is 293 g/mol. The third-order valence-electron chi connectivity index (χ3n) is 3.43. The van der Waals surface area contributed by atoms with Crippen molar-refractivity contribution < 1.29 is 0 Å². The fourth-order valence-electron chi connectivity index (χ4n) is 2.40. The Bertz CT molecular complexity index is 529. The first-order valence-electron chi connectivity index (χ1n) is 6.64. The van der Waals surface area contributed by atoms with E-state index in [1.807, 2.05) is 6.07 Å². The van der Waals surface area contributed by atoms with Crippen molar-refractivity contribution in [1.82, 2.24) is 0 Å². The summed E-state index contributed by atoms with van der Waals surface area (Å²) in [6.07, 6.45) is 2.64. The number of hydrogen-bond donors (Lipinski definition) is 1. The number of halogens is 1. The average Bonchev–Trinajstić information content (AvgIpc) is 3.08. The lowest BCUT2D eigenvalue weighted by molar-refractivity contribution is 0.949. The summed E-state index contributed by atoms with van der Waals surface area (Å²) in [5.41, 5.74) is 2.50. The molecule has 0 aliphatic carbocycles. The van der Waals surface area contributed by atoms with Crippen molar-refractivity contribution >= 4 is 34.3 Å². The fraction of sp³-hybridized carbons (Fsp3) is 0.333. The molecular formula is C15H17ClN2S. The van der Waals surface area contributed by atoms with Gasteiger partial charge in [0, 0.05) is 35.9 Å². The van der Waals surface area contributed by atoms with E-state index in [9.17, 15) is 0 Å². The normalized spacial score (nSPS) is 14.9. The Morgan fingerprint density at radius 3 is 2.42 bits per heavy atom. The molecule has 2 heterocycles. The van der Waals surface area contributed by atoms with Crippen molar-refractivity contribution in [3.63, 3.8) is 0 Å². The van der Waals surface area contributed by atoms with E-state index in [1.54, 1.807) is 11.3 Å². The zero-order valence-electron chi connectivity index (χ0n) is 10.7. The van der Waals surface area contributed by atoms with Gasteiger partial charge in [-0.05, 0) is 49.2 Å². The van der Waals surface area contributed by atoms with E-state index in [-0.39, 0.29) is 0 Å². The molecule has 1 fully saturated rings. The highest BCUT2D eigenvalue weighted by Gasteiger charge is 2.11. The Hall–Kier alpha value is -1.19. The van der Waals surface area contributed by atoms with Gasteiger partial charge in [-0.15, -0.1) is 11.3 Å². The van der Waals surface area contributed by atoms with Gasteiger partial charge < -0.3 is 10.2 Å². The molecule has 19 heavy (non-hydrogen) atoms. The van der Waals surface area contributed by atoms with Crippen LogP contribution in [0.2, 0.25) is 4.34 Å². The van der Waals surface area contributed by atoms with Crippen LogP contribution >= 0.6 is 22.9 Å². The number of nitrogens with one attached hydrogen (secondary N) is 1. The van der Waals surface area contributed by atoms with Crippen LogP contribution in [0, 0.1) is 0 Å². The number of nitrogens with zero attached hydrogens (tertiary/aromatic N) is 1. The quantitative estimate of drug-likeness (QED) is 0.885. The minimum atomic E-state index is 0.834. The maximum absolute atomic E-state index is 5.92. The molecule has 0 spiro atoms. The summed E-state index contributed by atoms with van der Waals surface area (Å²) in [5, 5.41) is 3.43. The van der Waals surface area contributed by atoms with Gasteiger partial charge in [-0.1, -0.05) is 11.6 Å². The predicted octanol–water partition coefficient (Wildman–Crippen LogP) is 4.61. The summed E-state index contributed by atoms with van der Waals surface area (Å²) in [5.74, 6) is 0. The molecule has 3 rings (SSSR count). The van der Waals surface area contributed by atoms with E-state index in [4.69, 9.17) is 11.6 Å². The van der Waals surface area contributed by atoms with Crippen molar-refractivity contribution in [3.05, 3.63) is 45.6 Å². The Balaban J connectivity index is 1.59. The monoisotopic (exact) mass is 292 g/mol. The second-order valence-electron chi connectivity index (χ2n) is 4.80. The predicted molar refractivity (Wildman–Crippen MR) is 84.5 cm³/mol. The van der Waals surface area contributed by atoms with Gasteiger partial charge in [-0.2, -0.15) is 0 Å². The largest absolute Gasteiger partial charge is 0.380 e. The summed E-state index contributed by atoms with van der Waals surface area (Å²) < 4.78 is 0.848. The van der Waals surface area contributed by atoms with Crippen LogP contribution in [-0.4, -0.2) is 13.1 Å². The summed E-state index contributed by atoms with van der Waals surface area (Å²) in [6.45, 7) is 3.22. The third kappa shape index (κ3) is 3.23. The minimum Gasteiger partial charge on any atom is -0.380 e. The molecule has 4 heteroatoms. The van der Waals surface area contributed by atoms with Crippen molar-refractivity contribution in [3.8, 4) is 0 Å². The van der Waals surface area contributed by atoms with Gasteiger partial charge in [0.1, 0.15) is 0 Å². The molecule has 0 radical (unpaired) electrons. The fourth-order valence-corrected chi connectivity index (χ4v) is 3.43. The van der Waals surface area contributed by atoms with Gasteiger partial charge in [0.2, 0.25) is 0 Å². The first-order chi connectivity index (χ1) is 9.31. The van der Waals surface area contributed by atoms with E-state index in [0.717, 1.165) is 16.6 Å². The van der Waals surface area contributed by atoms with Gasteiger partial charge in [0.25, 0.3) is 0 Å². The molecule has 1 aliphatic rings. The SMILES string of the molecule is Clc1ccc(CNc2ccc(N3CCCC3)cc2)s1. The standard InChI is InChI=1S/C15H17ClN2S/c16-15-8-7-14(19-15)11-17-12-3-5-13(6-4-12)18-9-1-2-10-18/h3-8,17H,1-2,9-11H2. The zero-order chi connectivity index (χ0) is 13.1. The van der Waals surface area contributed by atoms with Gasteiger partial charge in [0.15, 0.2) is 0 Å².